The third-order valence-electron chi connectivity index (χ3n) is 3.57. The molecule has 0 aliphatic heterocycles. The minimum Gasteiger partial charge on any atom is -0.273 e. The Morgan fingerprint density at radius 2 is 1.07 bits per heavy atom. The van der Waals surface area contributed by atoms with E-state index in [1.54, 1.807) is 36.4 Å². The first-order chi connectivity index (χ1) is 13.9. The van der Waals surface area contributed by atoms with E-state index in [-0.39, 0.29) is 24.7 Å². The number of halogens is 4. The molecule has 0 aromatic heterocycles. The van der Waals surface area contributed by atoms with Crippen molar-refractivity contribution in [1.29, 1.82) is 0 Å². The van der Waals surface area contributed by atoms with Crippen LogP contribution in [-0.4, -0.2) is 24.2 Å². The van der Waals surface area contributed by atoms with Gasteiger partial charge in [-0.05, 0) is 30.7 Å². The highest BCUT2D eigenvalue weighted by Gasteiger charge is 2.06. The van der Waals surface area contributed by atoms with Crippen molar-refractivity contribution in [3.05, 3.63) is 67.6 Å². The van der Waals surface area contributed by atoms with Gasteiger partial charge < -0.3 is 0 Å². The van der Waals surface area contributed by atoms with Crippen LogP contribution < -0.4 is 10.9 Å². The summed E-state index contributed by atoms with van der Waals surface area (Å²) in [5.41, 5.74) is 5.73. The molecule has 0 atom stereocenters. The lowest BCUT2D eigenvalue weighted by molar-refractivity contribution is -0.122. The van der Waals surface area contributed by atoms with Crippen LogP contribution in [0.3, 0.4) is 0 Å². The molecule has 2 N–H and O–H groups in total. The smallest absolute Gasteiger partial charge is 0.240 e. The van der Waals surface area contributed by atoms with E-state index in [0.29, 0.717) is 37.6 Å². The van der Waals surface area contributed by atoms with Crippen molar-refractivity contribution in [3.63, 3.8) is 0 Å². The highest BCUT2D eigenvalue weighted by molar-refractivity contribution is 6.39. The van der Waals surface area contributed by atoms with Gasteiger partial charge in [-0.15, -0.1) is 0 Å². The van der Waals surface area contributed by atoms with E-state index in [1.165, 1.54) is 12.4 Å². The molecule has 0 saturated heterocycles. The normalized spacial score (nSPS) is 11.2. The van der Waals surface area contributed by atoms with Crippen LogP contribution in [0.4, 0.5) is 0 Å². The molecule has 0 heterocycles. The van der Waals surface area contributed by atoms with Gasteiger partial charge in [0.2, 0.25) is 11.8 Å². The number of hydrazone groups is 2. The largest absolute Gasteiger partial charge is 0.273 e. The summed E-state index contributed by atoms with van der Waals surface area (Å²) in [4.78, 5) is 23.6. The number of carbonyl (C=O) groups is 2. The van der Waals surface area contributed by atoms with E-state index in [4.69, 9.17) is 46.4 Å². The van der Waals surface area contributed by atoms with Crippen LogP contribution in [0, 0.1) is 0 Å². The van der Waals surface area contributed by atoms with E-state index in [0.717, 1.165) is 0 Å². The molecule has 0 aliphatic carbocycles. The zero-order valence-corrected chi connectivity index (χ0v) is 18.0. The summed E-state index contributed by atoms with van der Waals surface area (Å²) in [5, 5.41) is 9.32. The number of nitrogens with one attached hydrogen (secondary N) is 2. The molecular formula is C19H16Cl4N4O2. The predicted molar refractivity (Wildman–Crippen MR) is 118 cm³/mol. The zero-order chi connectivity index (χ0) is 21.2. The van der Waals surface area contributed by atoms with Gasteiger partial charge in [-0.25, -0.2) is 10.9 Å². The van der Waals surface area contributed by atoms with Gasteiger partial charge in [0.1, 0.15) is 0 Å². The summed E-state index contributed by atoms with van der Waals surface area (Å²) in [6, 6.07) is 10.1. The van der Waals surface area contributed by atoms with E-state index in [2.05, 4.69) is 21.1 Å². The Morgan fingerprint density at radius 3 is 1.41 bits per heavy atom. The first-order valence-corrected chi connectivity index (χ1v) is 9.91. The average Bonchev–Trinajstić information content (AvgIpc) is 2.66. The van der Waals surface area contributed by atoms with Crippen molar-refractivity contribution < 1.29 is 9.59 Å². The Kier molecular flexibility index (Phi) is 9.41. The van der Waals surface area contributed by atoms with Crippen molar-refractivity contribution in [3.8, 4) is 0 Å². The second-order valence-corrected chi connectivity index (χ2v) is 7.34. The van der Waals surface area contributed by atoms with Gasteiger partial charge in [0.25, 0.3) is 0 Å². The maximum absolute atomic E-state index is 11.8. The molecule has 2 rings (SSSR count). The van der Waals surface area contributed by atoms with Gasteiger partial charge in [-0.3, -0.25) is 9.59 Å². The third kappa shape index (κ3) is 7.66. The molecular weight excluding hydrogens is 458 g/mol. The molecule has 2 aromatic carbocycles. The number of hydrogen-bond acceptors (Lipinski definition) is 4. The second kappa shape index (κ2) is 11.8. The fraction of sp³-hybridized carbons (Fsp3) is 0.158. The third-order valence-corrected chi connectivity index (χ3v) is 4.89. The zero-order valence-electron chi connectivity index (χ0n) is 15.0. The molecule has 29 heavy (non-hydrogen) atoms. The Morgan fingerprint density at radius 1 is 0.724 bits per heavy atom. The van der Waals surface area contributed by atoms with Crippen LogP contribution in [0.25, 0.3) is 0 Å². The van der Waals surface area contributed by atoms with Crippen LogP contribution in [0.2, 0.25) is 20.1 Å². The SMILES string of the molecule is O=C(CCCC(=O)N/N=C/c1c(Cl)cccc1Cl)NN=Cc1c(Cl)cccc1Cl. The quantitative estimate of drug-likeness (QED) is 0.414. The predicted octanol–water partition coefficient (Wildman–Crippen LogP) is 5.07. The molecule has 0 fully saturated rings. The number of benzene rings is 2. The maximum Gasteiger partial charge on any atom is 0.240 e. The highest BCUT2D eigenvalue weighted by Crippen LogP contribution is 2.22. The second-order valence-electron chi connectivity index (χ2n) is 5.71. The van der Waals surface area contributed by atoms with Gasteiger partial charge in [-0.2, -0.15) is 10.2 Å². The van der Waals surface area contributed by atoms with Gasteiger partial charge >= 0.3 is 0 Å². The van der Waals surface area contributed by atoms with Crippen molar-refractivity contribution in [2.24, 2.45) is 10.2 Å². The number of carbonyl (C=O) groups excluding carboxylic acids is 2. The standard InChI is InChI=1S/C19H16Cl4N4O2/c20-14-4-1-5-15(21)12(14)10-24-26-18(28)8-3-9-19(29)27-25-11-13-16(22)6-2-7-17(13)23/h1-2,4-7,10-11H,3,8-9H2,(H,26,28)(H,27,29)/b24-10+,25-11?. The molecule has 6 nitrogen and oxygen atoms in total. The fourth-order valence-corrected chi connectivity index (χ4v) is 3.12. The molecule has 152 valence electrons. The van der Waals surface area contributed by atoms with Crippen molar-refractivity contribution in [2.45, 2.75) is 19.3 Å². The number of nitrogens with zero attached hydrogens (tertiary/aromatic N) is 2. The molecule has 2 aromatic rings. The van der Waals surface area contributed by atoms with Crippen LogP contribution in [0.15, 0.2) is 46.6 Å². The van der Waals surface area contributed by atoms with Gasteiger partial charge in [0.05, 0.1) is 32.5 Å². The van der Waals surface area contributed by atoms with E-state index >= 15 is 0 Å². The Balaban J connectivity index is 1.71. The Hall–Kier alpha value is -2.12. The molecule has 0 spiro atoms. The van der Waals surface area contributed by atoms with E-state index in [9.17, 15) is 9.59 Å². The summed E-state index contributed by atoms with van der Waals surface area (Å²) in [5.74, 6) is -0.688. The summed E-state index contributed by atoms with van der Waals surface area (Å²) in [6.45, 7) is 0. The van der Waals surface area contributed by atoms with Crippen LogP contribution >= 0.6 is 46.4 Å². The molecule has 0 aliphatic rings. The fourth-order valence-electron chi connectivity index (χ4n) is 2.13. The maximum atomic E-state index is 11.8. The monoisotopic (exact) mass is 472 g/mol. The lowest BCUT2D eigenvalue weighted by Gasteiger charge is -2.03. The van der Waals surface area contributed by atoms with Gasteiger partial charge in [0.15, 0.2) is 0 Å². The van der Waals surface area contributed by atoms with Crippen LogP contribution in [-0.2, 0) is 9.59 Å². The summed E-state index contributed by atoms with van der Waals surface area (Å²) < 4.78 is 0. The Labute approximate surface area is 187 Å². The molecule has 0 radical (unpaired) electrons. The highest BCUT2D eigenvalue weighted by atomic mass is 35.5. The first-order valence-electron chi connectivity index (χ1n) is 8.40. The summed E-state index contributed by atoms with van der Waals surface area (Å²) in [6.07, 6.45) is 3.28. The van der Waals surface area contributed by atoms with Gasteiger partial charge in [0, 0.05) is 24.0 Å². The van der Waals surface area contributed by atoms with Crippen LogP contribution in [0.1, 0.15) is 30.4 Å². The van der Waals surface area contributed by atoms with E-state index < -0.39 is 0 Å². The Bertz CT molecular complexity index is 832. The van der Waals surface area contributed by atoms with Crippen LogP contribution in [0.5, 0.6) is 0 Å². The lowest BCUT2D eigenvalue weighted by Crippen LogP contribution is -2.20. The minimum atomic E-state index is -0.344. The van der Waals surface area contributed by atoms with E-state index in [1.807, 2.05) is 0 Å². The number of rotatable bonds is 8. The lowest BCUT2D eigenvalue weighted by atomic mass is 10.2. The molecule has 0 bridgehead atoms. The van der Waals surface area contributed by atoms with Gasteiger partial charge in [-0.1, -0.05) is 58.5 Å². The van der Waals surface area contributed by atoms with Crippen molar-refractivity contribution >= 4 is 70.6 Å². The van der Waals surface area contributed by atoms with Crippen molar-refractivity contribution in [1.82, 2.24) is 10.9 Å². The number of amides is 2. The summed E-state index contributed by atoms with van der Waals surface area (Å²) >= 11 is 24.0. The molecule has 0 unspecified atom stereocenters. The first kappa shape index (κ1) is 23.2. The minimum absolute atomic E-state index is 0.112. The molecule has 10 heteroatoms. The number of hydrogen-bond donors (Lipinski definition) is 2. The summed E-state index contributed by atoms with van der Waals surface area (Å²) in [7, 11) is 0. The van der Waals surface area contributed by atoms with Crippen molar-refractivity contribution in [2.75, 3.05) is 0 Å². The molecule has 0 saturated carbocycles. The average molecular weight is 474 g/mol. The molecule has 2 amide bonds. The topological polar surface area (TPSA) is 82.9 Å².